The van der Waals surface area contributed by atoms with E-state index in [9.17, 15) is 19.2 Å². The summed E-state index contributed by atoms with van der Waals surface area (Å²) < 4.78 is 0. The lowest BCUT2D eigenvalue weighted by Gasteiger charge is -2.33. The smallest absolute Gasteiger partial charge is 0.328 e. The fraction of sp³-hybridized carbons (Fsp3) is 0.407. The van der Waals surface area contributed by atoms with Gasteiger partial charge < -0.3 is 20.4 Å². The number of hydrogen-bond acceptors (Lipinski definition) is 6. The van der Waals surface area contributed by atoms with E-state index in [0.29, 0.717) is 24.3 Å². The number of hydrogen-bond donors (Lipinski definition) is 4. The summed E-state index contributed by atoms with van der Waals surface area (Å²) in [7, 11) is 0. The van der Waals surface area contributed by atoms with E-state index in [1.165, 1.54) is 37.7 Å². The molecule has 1 aromatic carbocycles. The SMILES string of the molecule is C#CCN1CCN(Cc2ccc3c(c2)CCCCC3)CC1.O=C(O)/C=C/C(=O)O.O=C(O)/C=C/C(=O)O. The van der Waals surface area contributed by atoms with Crippen molar-refractivity contribution >= 4 is 23.9 Å². The van der Waals surface area contributed by atoms with Crippen LogP contribution in [0.1, 0.15) is 36.0 Å². The molecule has 0 amide bonds. The van der Waals surface area contributed by atoms with Gasteiger partial charge in [-0.15, -0.1) is 6.42 Å². The molecule has 37 heavy (non-hydrogen) atoms. The molecule has 0 bridgehead atoms. The lowest BCUT2D eigenvalue weighted by Crippen LogP contribution is -2.45. The highest BCUT2D eigenvalue weighted by molar-refractivity contribution is 5.90. The van der Waals surface area contributed by atoms with Gasteiger partial charge in [-0.1, -0.05) is 30.5 Å². The zero-order valence-corrected chi connectivity index (χ0v) is 20.7. The molecule has 0 saturated carbocycles. The van der Waals surface area contributed by atoms with Crippen molar-refractivity contribution in [3.05, 3.63) is 59.2 Å². The van der Waals surface area contributed by atoms with Gasteiger partial charge in [0.25, 0.3) is 0 Å². The standard InChI is InChI=1S/C19H26N2.2C4H4O4/c1-2-10-20-11-13-21(14-12-20)16-17-8-9-18-6-4-3-5-7-19(18)15-17;2*5-3(6)1-2-4(7)8/h1,8-9,15H,3-7,10-14,16H2;2*1-2H,(H,5,6)(H,7,8)/b;2*2-1+. The maximum Gasteiger partial charge on any atom is 0.328 e. The third-order valence-electron chi connectivity index (χ3n) is 5.59. The number of carboxylic acids is 4. The van der Waals surface area contributed by atoms with Gasteiger partial charge >= 0.3 is 23.9 Å². The Hall–Kier alpha value is -3.94. The first-order valence-electron chi connectivity index (χ1n) is 11.9. The highest BCUT2D eigenvalue weighted by atomic mass is 16.4. The summed E-state index contributed by atoms with van der Waals surface area (Å²) in [6.45, 7) is 6.38. The summed E-state index contributed by atoms with van der Waals surface area (Å²) in [4.78, 5) is 43.1. The van der Waals surface area contributed by atoms with Gasteiger partial charge in [0.05, 0.1) is 6.54 Å². The summed E-state index contributed by atoms with van der Waals surface area (Å²) in [6.07, 6.45) is 14.3. The van der Waals surface area contributed by atoms with E-state index in [0.717, 1.165) is 39.3 Å². The molecule has 0 spiro atoms. The van der Waals surface area contributed by atoms with Gasteiger partial charge in [-0.05, 0) is 42.4 Å². The molecule has 200 valence electrons. The topological polar surface area (TPSA) is 156 Å². The number of piperazine rings is 1. The van der Waals surface area contributed by atoms with Crippen molar-refractivity contribution in [2.45, 2.75) is 38.6 Å². The van der Waals surface area contributed by atoms with E-state index in [4.69, 9.17) is 26.8 Å². The van der Waals surface area contributed by atoms with E-state index >= 15 is 0 Å². The van der Waals surface area contributed by atoms with Crippen LogP contribution in [0.3, 0.4) is 0 Å². The number of aryl methyl sites for hydroxylation is 2. The molecule has 1 aliphatic heterocycles. The summed E-state index contributed by atoms with van der Waals surface area (Å²) in [5.41, 5.74) is 4.69. The molecular formula is C27H34N2O8. The first kappa shape index (κ1) is 31.1. The van der Waals surface area contributed by atoms with Gasteiger partial charge in [-0.25, -0.2) is 19.2 Å². The predicted octanol–water partition coefficient (Wildman–Crippen LogP) is 2.13. The van der Waals surface area contributed by atoms with Crippen LogP contribution in [0, 0.1) is 12.3 Å². The highest BCUT2D eigenvalue weighted by Crippen LogP contribution is 2.22. The molecule has 4 N–H and O–H groups in total. The number of rotatable bonds is 7. The molecule has 1 saturated heterocycles. The van der Waals surface area contributed by atoms with Crippen molar-refractivity contribution in [3.8, 4) is 12.3 Å². The second-order valence-electron chi connectivity index (χ2n) is 8.44. The maximum absolute atomic E-state index is 9.55. The van der Waals surface area contributed by atoms with Gasteiger partial charge in [-0.2, -0.15) is 0 Å². The van der Waals surface area contributed by atoms with Crippen LogP contribution in [-0.4, -0.2) is 86.8 Å². The molecule has 1 aliphatic carbocycles. The second kappa shape index (κ2) is 17.5. The van der Waals surface area contributed by atoms with E-state index < -0.39 is 23.9 Å². The van der Waals surface area contributed by atoms with Crippen LogP contribution < -0.4 is 0 Å². The molecule has 1 fully saturated rings. The zero-order valence-electron chi connectivity index (χ0n) is 20.7. The van der Waals surface area contributed by atoms with Crippen LogP contribution in [0.25, 0.3) is 0 Å². The first-order chi connectivity index (χ1) is 17.6. The minimum atomic E-state index is -1.26. The highest BCUT2D eigenvalue weighted by Gasteiger charge is 2.16. The van der Waals surface area contributed by atoms with Crippen molar-refractivity contribution in [1.82, 2.24) is 9.80 Å². The summed E-state index contributed by atoms with van der Waals surface area (Å²) in [6, 6.07) is 7.19. The van der Waals surface area contributed by atoms with Gasteiger partial charge in [0.15, 0.2) is 0 Å². The summed E-state index contributed by atoms with van der Waals surface area (Å²) in [5, 5.41) is 31.2. The van der Waals surface area contributed by atoms with E-state index in [1.807, 2.05) is 0 Å². The minimum Gasteiger partial charge on any atom is -0.478 e. The third kappa shape index (κ3) is 14.9. The number of nitrogens with zero attached hydrogens (tertiary/aromatic N) is 2. The molecule has 10 nitrogen and oxygen atoms in total. The van der Waals surface area contributed by atoms with E-state index in [1.54, 1.807) is 11.1 Å². The fourth-order valence-corrected chi connectivity index (χ4v) is 3.84. The number of carbonyl (C=O) groups is 4. The minimum absolute atomic E-state index is 0.558. The van der Waals surface area contributed by atoms with Crippen molar-refractivity contribution < 1.29 is 39.6 Å². The number of aliphatic carboxylic acids is 4. The number of terminal acetylenes is 1. The van der Waals surface area contributed by atoms with Gasteiger partial charge in [0.2, 0.25) is 0 Å². The number of fused-ring (bicyclic) bond motifs is 1. The molecule has 0 atom stereocenters. The van der Waals surface area contributed by atoms with Crippen molar-refractivity contribution in [2.24, 2.45) is 0 Å². The van der Waals surface area contributed by atoms with Crippen LogP contribution in [0.4, 0.5) is 0 Å². The average molecular weight is 515 g/mol. The normalized spacial score (nSPS) is 15.8. The Morgan fingerprint density at radius 1 is 0.730 bits per heavy atom. The van der Waals surface area contributed by atoms with Crippen LogP contribution in [-0.2, 0) is 38.6 Å². The van der Waals surface area contributed by atoms with Gasteiger partial charge in [0.1, 0.15) is 0 Å². The Morgan fingerprint density at radius 3 is 1.65 bits per heavy atom. The van der Waals surface area contributed by atoms with Crippen LogP contribution in [0.5, 0.6) is 0 Å². The average Bonchev–Trinajstić information content (AvgIpc) is 3.09. The lowest BCUT2D eigenvalue weighted by molar-refractivity contribution is -0.134. The Morgan fingerprint density at radius 2 is 1.19 bits per heavy atom. The van der Waals surface area contributed by atoms with Gasteiger partial charge in [-0.3, -0.25) is 9.80 Å². The molecule has 3 rings (SSSR count). The molecule has 0 radical (unpaired) electrons. The third-order valence-corrected chi connectivity index (χ3v) is 5.59. The Labute approximate surface area is 216 Å². The van der Waals surface area contributed by atoms with Crippen molar-refractivity contribution in [1.29, 1.82) is 0 Å². The van der Waals surface area contributed by atoms with Crippen LogP contribution >= 0.6 is 0 Å². The Balaban J connectivity index is 0.000000355. The molecule has 1 aromatic rings. The van der Waals surface area contributed by atoms with Crippen molar-refractivity contribution in [2.75, 3.05) is 32.7 Å². The quantitative estimate of drug-likeness (QED) is 0.241. The first-order valence-corrected chi connectivity index (χ1v) is 11.9. The zero-order chi connectivity index (χ0) is 27.6. The molecule has 0 unspecified atom stereocenters. The molecule has 10 heteroatoms. The second-order valence-corrected chi connectivity index (χ2v) is 8.44. The summed E-state index contributed by atoms with van der Waals surface area (Å²) >= 11 is 0. The Kier molecular flexibility index (Phi) is 14.7. The van der Waals surface area contributed by atoms with Gasteiger partial charge in [0, 0.05) is 57.0 Å². The van der Waals surface area contributed by atoms with E-state index in [2.05, 4.69) is 33.9 Å². The van der Waals surface area contributed by atoms with Crippen molar-refractivity contribution in [3.63, 3.8) is 0 Å². The molecule has 0 aromatic heterocycles. The summed E-state index contributed by atoms with van der Waals surface area (Å²) in [5.74, 6) is -2.28. The monoisotopic (exact) mass is 514 g/mol. The predicted molar refractivity (Wildman–Crippen MR) is 137 cm³/mol. The van der Waals surface area contributed by atoms with Crippen LogP contribution in [0.2, 0.25) is 0 Å². The number of carboxylic acid groups (broad SMARTS) is 4. The Bertz CT molecular complexity index is 952. The maximum atomic E-state index is 9.55. The number of benzene rings is 1. The molecule has 1 heterocycles. The fourth-order valence-electron chi connectivity index (χ4n) is 3.84. The largest absolute Gasteiger partial charge is 0.478 e. The van der Waals surface area contributed by atoms with E-state index in [-0.39, 0.29) is 0 Å². The van der Waals surface area contributed by atoms with Crippen LogP contribution in [0.15, 0.2) is 42.5 Å². The lowest BCUT2D eigenvalue weighted by atomic mass is 10.00. The molecular weight excluding hydrogens is 480 g/mol. The molecule has 2 aliphatic rings.